The van der Waals surface area contributed by atoms with E-state index in [1.165, 1.54) is 35.0 Å². The van der Waals surface area contributed by atoms with Gasteiger partial charge in [0.25, 0.3) is 5.91 Å². The van der Waals surface area contributed by atoms with Gasteiger partial charge in [-0.2, -0.15) is 15.1 Å². The minimum absolute atomic E-state index is 0.0579. The van der Waals surface area contributed by atoms with Crippen LogP contribution in [0.3, 0.4) is 0 Å². The number of amidine groups is 2. The number of rotatable bonds is 5. The maximum absolute atomic E-state index is 12.6. The number of carboxylic acid groups (broad SMARTS) is 1. The van der Waals surface area contributed by atoms with E-state index in [2.05, 4.69) is 10.1 Å². The molecule has 8 nitrogen and oxygen atoms in total. The quantitative estimate of drug-likeness (QED) is 0.536. The first-order valence-electron chi connectivity index (χ1n) is 9.43. The molecule has 0 spiro atoms. The average Bonchev–Trinajstić information content (AvgIpc) is 3.53. The molecular weight excluding hydrogens is 448 g/mol. The lowest BCUT2D eigenvalue weighted by Crippen LogP contribution is -2.35. The molecule has 0 saturated carbocycles. The highest BCUT2D eigenvalue weighted by atomic mass is 32.2. The van der Waals surface area contributed by atoms with Gasteiger partial charge in [0.1, 0.15) is 16.6 Å². The summed E-state index contributed by atoms with van der Waals surface area (Å²) in [5.74, 6) is -0.691. The topological polar surface area (TPSA) is 119 Å². The first-order valence-corrected chi connectivity index (χ1v) is 11.1. The van der Waals surface area contributed by atoms with Gasteiger partial charge in [0.2, 0.25) is 5.17 Å². The molecule has 2 aliphatic rings. The van der Waals surface area contributed by atoms with Gasteiger partial charge in [-0.1, -0.05) is 18.2 Å². The molecule has 0 bridgehead atoms. The third-order valence-electron chi connectivity index (χ3n) is 4.73. The molecule has 2 aromatic heterocycles. The fraction of sp³-hybridized carbons (Fsp3) is 0.0455. The van der Waals surface area contributed by atoms with Crippen molar-refractivity contribution in [2.45, 2.75) is 6.42 Å². The van der Waals surface area contributed by atoms with Gasteiger partial charge in [0.15, 0.2) is 5.84 Å². The Morgan fingerprint density at radius 2 is 2.00 bits per heavy atom. The van der Waals surface area contributed by atoms with E-state index in [4.69, 9.17) is 14.9 Å². The molecule has 10 heteroatoms. The van der Waals surface area contributed by atoms with Gasteiger partial charge in [-0.05, 0) is 53.5 Å². The lowest BCUT2D eigenvalue weighted by Gasteiger charge is -2.19. The number of furan rings is 1. The number of carboxylic acids is 1. The number of hydrogen-bond acceptors (Lipinski definition) is 7. The Hall–Kier alpha value is -3.76. The third kappa shape index (κ3) is 3.81. The zero-order valence-electron chi connectivity index (χ0n) is 16.3. The number of aliphatic imine (C=N–C) groups is 1. The smallest absolute Gasteiger partial charge is 0.335 e. The number of nitrogens with one attached hydrogen (secondary N) is 1. The standard InChI is InChI=1S/C22H14N4O4S2/c23-19-16(10-14-7-8-17(30-14)12-3-5-13(6-4-12)21(28)29)20(27)24-22-26(19)25-18(32-22)11-15-2-1-9-31-15/h1-10,23H,11H2,(H,28,29)/b16-10+,23-19?. The van der Waals surface area contributed by atoms with E-state index < -0.39 is 11.9 Å². The summed E-state index contributed by atoms with van der Waals surface area (Å²) < 4.78 is 5.79. The van der Waals surface area contributed by atoms with Crippen LogP contribution in [-0.4, -0.2) is 38.0 Å². The Morgan fingerprint density at radius 3 is 2.72 bits per heavy atom. The highest BCUT2D eigenvalue weighted by Gasteiger charge is 2.35. The van der Waals surface area contributed by atoms with Gasteiger partial charge in [0, 0.05) is 16.9 Å². The SMILES string of the molecule is N=C1/C(=C\c2ccc(-c3ccc(C(=O)O)cc3)o2)C(=O)N=C2SC(Cc3cccs3)=NN12. The van der Waals surface area contributed by atoms with Crippen molar-refractivity contribution in [1.29, 1.82) is 5.41 Å². The number of benzene rings is 1. The molecule has 32 heavy (non-hydrogen) atoms. The van der Waals surface area contributed by atoms with Crippen LogP contribution in [0.2, 0.25) is 0 Å². The van der Waals surface area contributed by atoms with Crippen molar-refractivity contribution in [2.24, 2.45) is 10.1 Å². The summed E-state index contributed by atoms with van der Waals surface area (Å²) in [6.45, 7) is 0. The van der Waals surface area contributed by atoms with E-state index in [1.807, 2.05) is 17.5 Å². The van der Waals surface area contributed by atoms with Crippen LogP contribution in [0.1, 0.15) is 21.0 Å². The minimum Gasteiger partial charge on any atom is -0.478 e. The molecular formula is C22H14N4O4S2. The summed E-state index contributed by atoms with van der Waals surface area (Å²) in [4.78, 5) is 28.8. The predicted octanol–water partition coefficient (Wildman–Crippen LogP) is 4.57. The van der Waals surface area contributed by atoms with Crippen molar-refractivity contribution in [2.75, 3.05) is 0 Å². The largest absolute Gasteiger partial charge is 0.478 e. The fourth-order valence-electron chi connectivity index (χ4n) is 3.17. The average molecular weight is 463 g/mol. The van der Waals surface area contributed by atoms with Gasteiger partial charge in [-0.15, -0.1) is 11.3 Å². The van der Waals surface area contributed by atoms with Crippen molar-refractivity contribution in [3.8, 4) is 11.3 Å². The number of aromatic carboxylic acids is 1. The van der Waals surface area contributed by atoms with Gasteiger partial charge >= 0.3 is 5.97 Å². The van der Waals surface area contributed by atoms with E-state index >= 15 is 0 Å². The van der Waals surface area contributed by atoms with Crippen molar-refractivity contribution in [3.63, 3.8) is 0 Å². The summed E-state index contributed by atoms with van der Waals surface area (Å²) in [5.41, 5.74) is 0.960. The van der Waals surface area contributed by atoms with Crippen LogP contribution in [0.4, 0.5) is 0 Å². The number of fused-ring (bicyclic) bond motifs is 1. The number of nitrogens with zero attached hydrogens (tertiary/aromatic N) is 3. The van der Waals surface area contributed by atoms with E-state index in [0.29, 0.717) is 28.7 Å². The molecule has 5 rings (SSSR count). The Kier molecular flexibility index (Phi) is 5.08. The monoisotopic (exact) mass is 462 g/mol. The summed E-state index contributed by atoms with van der Waals surface area (Å²) >= 11 is 2.91. The number of amides is 1. The molecule has 158 valence electrons. The second-order valence-corrected chi connectivity index (χ2v) is 8.93. The minimum atomic E-state index is -1.00. The molecule has 3 aromatic rings. The first kappa shape index (κ1) is 20.2. The van der Waals surface area contributed by atoms with Crippen LogP contribution in [-0.2, 0) is 11.2 Å². The van der Waals surface area contributed by atoms with Crippen LogP contribution >= 0.6 is 23.1 Å². The van der Waals surface area contributed by atoms with Gasteiger partial charge in [-0.25, -0.2) is 4.79 Å². The third-order valence-corrected chi connectivity index (χ3v) is 6.52. The predicted molar refractivity (Wildman–Crippen MR) is 124 cm³/mol. The van der Waals surface area contributed by atoms with Crippen LogP contribution in [0.5, 0.6) is 0 Å². The molecule has 4 heterocycles. The van der Waals surface area contributed by atoms with E-state index in [1.54, 1.807) is 35.6 Å². The number of hydrogen-bond donors (Lipinski definition) is 2. The number of carbonyl (C=O) groups is 2. The molecule has 1 amide bonds. The molecule has 2 aliphatic heterocycles. The Balaban J connectivity index is 1.38. The molecule has 0 fully saturated rings. The van der Waals surface area contributed by atoms with Gasteiger partial charge < -0.3 is 9.52 Å². The lowest BCUT2D eigenvalue weighted by atomic mass is 10.1. The number of thioether (sulfide) groups is 1. The Morgan fingerprint density at radius 1 is 1.19 bits per heavy atom. The maximum atomic E-state index is 12.6. The van der Waals surface area contributed by atoms with Gasteiger partial charge in [-0.3, -0.25) is 10.2 Å². The highest BCUT2D eigenvalue weighted by molar-refractivity contribution is 8.27. The zero-order valence-corrected chi connectivity index (χ0v) is 17.9. The van der Waals surface area contributed by atoms with E-state index in [0.717, 1.165) is 9.92 Å². The summed E-state index contributed by atoms with van der Waals surface area (Å²) in [7, 11) is 0. The van der Waals surface area contributed by atoms with Crippen LogP contribution in [0, 0.1) is 5.41 Å². The summed E-state index contributed by atoms with van der Waals surface area (Å²) in [5, 5.41) is 26.5. The second kappa shape index (κ2) is 8.06. The van der Waals surface area contributed by atoms with Gasteiger partial charge in [0.05, 0.1) is 11.1 Å². The molecule has 0 unspecified atom stereocenters. The normalized spacial score (nSPS) is 16.9. The lowest BCUT2D eigenvalue weighted by molar-refractivity contribution is -0.114. The summed E-state index contributed by atoms with van der Waals surface area (Å²) in [6, 6.07) is 13.7. The van der Waals surface area contributed by atoms with E-state index in [-0.39, 0.29) is 17.0 Å². The van der Waals surface area contributed by atoms with Crippen molar-refractivity contribution in [3.05, 3.63) is 75.7 Å². The van der Waals surface area contributed by atoms with Crippen molar-refractivity contribution < 1.29 is 19.1 Å². The van der Waals surface area contributed by atoms with Crippen molar-refractivity contribution >= 4 is 57.1 Å². The first-order chi connectivity index (χ1) is 15.5. The molecule has 0 saturated heterocycles. The fourth-order valence-corrected chi connectivity index (χ4v) is 4.88. The zero-order chi connectivity index (χ0) is 22.2. The van der Waals surface area contributed by atoms with E-state index in [9.17, 15) is 9.59 Å². The molecule has 0 aliphatic carbocycles. The number of hydrazone groups is 1. The Labute approximate surface area is 190 Å². The molecule has 0 radical (unpaired) electrons. The highest BCUT2D eigenvalue weighted by Crippen LogP contribution is 2.31. The summed E-state index contributed by atoms with van der Waals surface area (Å²) in [6.07, 6.45) is 2.10. The Bertz CT molecular complexity index is 1330. The number of thiophene rings is 1. The van der Waals surface area contributed by atoms with Crippen LogP contribution in [0.15, 0.2) is 74.0 Å². The second-order valence-electron chi connectivity index (χ2n) is 6.85. The molecule has 0 atom stereocenters. The van der Waals surface area contributed by atoms with Crippen LogP contribution in [0.25, 0.3) is 17.4 Å². The number of carbonyl (C=O) groups excluding carboxylic acids is 1. The molecule has 2 N–H and O–H groups in total. The molecule has 1 aromatic carbocycles. The van der Waals surface area contributed by atoms with Crippen molar-refractivity contribution in [1.82, 2.24) is 5.01 Å². The maximum Gasteiger partial charge on any atom is 0.335 e. The van der Waals surface area contributed by atoms with Crippen LogP contribution < -0.4 is 0 Å².